The van der Waals surface area contributed by atoms with E-state index in [1.165, 1.54) is 0 Å². The van der Waals surface area contributed by atoms with Crippen LogP contribution in [0.1, 0.15) is 0 Å². The quantitative estimate of drug-likeness (QED) is 0.394. The van der Waals surface area contributed by atoms with Crippen molar-refractivity contribution >= 4 is 6.21 Å². The average Bonchev–Trinajstić information content (AvgIpc) is 1.83. The first kappa shape index (κ1) is 7.33. The molecule has 0 aliphatic carbocycles. The lowest BCUT2D eigenvalue weighted by Gasteiger charge is -1.87. The monoisotopic (exact) mass is 115 g/mol. The Labute approximate surface area is 48.5 Å². The van der Waals surface area contributed by atoms with Gasteiger partial charge in [-0.05, 0) is 0 Å². The Kier molecular flexibility index (Phi) is 4.11. The topological polar surface area (TPSA) is 60.7 Å². The highest BCUT2D eigenvalue weighted by molar-refractivity contribution is 5.75. The first-order valence-electron chi connectivity index (χ1n) is 2.45. The zero-order valence-electron chi connectivity index (χ0n) is 4.89. The van der Waals surface area contributed by atoms with Gasteiger partial charge in [0.25, 0.3) is 0 Å². The van der Waals surface area contributed by atoms with Crippen molar-refractivity contribution in [3.63, 3.8) is 0 Å². The van der Waals surface area contributed by atoms with Gasteiger partial charge in [-0.2, -0.15) is 0 Å². The van der Waals surface area contributed by atoms with Gasteiger partial charge in [0.2, 0.25) is 0 Å². The molecule has 0 heterocycles. The lowest BCUT2D eigenvalue weighted by atomic mass is 10.3. The van der Waals surface area contributed by atoms with E-state index in [-0.39, 0.29) is 6.61 Å². The predicted molar refractivity (Wildman–Crippen MR) is 31.8 cm³/mol. The normalized spacial score (nSPS) is 11.5. The van der Waals surface area contributed by atoms with Gasteiger partial charge in [0, 0.05) is 11.8 Å². The van der Waals surface area contributed by atoms with Crippen molar-refractivity contribution in [1.29, 1.82) is 5.41 Å². The summed E-state index contributed by atoms with van der Waals surface area (Å²) in [5.41, 5.74) is 0.632. The van der Waals surface area contributed by atoms with Gasteiger partial charge >= 0.3 is 0 Å². The number of hydrogen-bond donors (Lipinski definition) is 3. The van der Waals surface area contributed by atoms with Crippen LogP contribution in [0.5, 0.6) is 0 Å². The Morgan fingerprint density at radius 2 is 2.50 bits per heavy atom. The van der Waals surface area contributed by atoms with Gasteiger partial charge in [-0.1, -0.05) is 0 Å². The molecule has 0 amide bonds. The largest absolute Gasteiger partial charge is 0.391 e. The average molecular weight is 115 g/mol. The van der Waals surface area contributed by atoms with E-state index >= 15 is 0 Å². The molecule has 4 N–H and O–H groups in total. The van der Waals surface area contributed by atoms with E-state index in [1.54, 1.807) is 11.5 Å². The zero-order valence-corrected chi connectivity index (χ0v) is 4.89. The summed E-state index contributed by atoms with van der Waals surface area (Å²) in [6.45, 7) is -0.0478. The Morgan fingerprint density at radius 1 is 1.88 bits per heavy atom. The van der Waals surface area contributed by atoms with Crippen molar-refractivity contribution < 1.29 is 10.4 Å². The number of aliphatic hydroxyl groups excluding tert-OH is 1. The molecule has 8 heavy (non-hydrogen) atoms. The standard InChI is InChI=1S/C5H10N2O/c1-7-3-5(2-6)4-8/h2-3,6-8H,4H2,1H3/p+1. The van der Waals surface area contributed by atoms with Crippen molar-refractivity contribution in [2.24, 2.45) is 0 Å². The summed E-state index contributed by atoms with van der Waals surface area (Å²) in [4.78, 5) is 0. The number of nitrogens with one attached hydrogen (secondary N) is 1. The van der Waals surface area contributed by atoms with Gasteiger partial charge in [-0.25, -0.2) is 0 Å². The molecular formula is C5H11N2O+. The summed E-state index contributed by atoms with van der Waals surface area (Å²) >= 11 is 0. The Hall–Kier alpha value is -0.670. The summed E-state index contributed by atoms with van der Waals surface area (Å²) in [5, 5.41) is 16.9. The van der Waals surface area contributed by atoms with Crippen LogP contribution >= 0.6 is 0 Å². The van der Waals surface area contributed by atoms with Gasteiger partial charge in [0.15, 0.2) is 0 Å². The summed E-state index contributed by atoms with van der Waals surface area (Å²) in [6, 6.07) is 0. The van der Waals surface area contributed by atoms with Gasteiger partial charge in [-0.15, -0.1) is 0 Å². The molecule has 0 aromatic carbocycles. The maximum Gasteiger partial charge on any atom is 0.0994 e. The molecule has 0 unspecified atom stereocenters. The molecular weight excluding hydrogens is 104 g/mol. The van der Waals surface area contributed by atoms with E-state index in [0.29, 0.717) is 5.57 Å². The molecule has 0 bridgehead atoms. The van der Waals surface area contributed by atoms with E-state index in [9.17, 15) is 0 Å². The molecule has 46 valence electrons. The molecule has 0 spiro atoms. The second-order valence-electron chi connectivity index (χ2n) is 1.38. The molecule has 0 atom stereocenters. The van der Waals surface area contributed by atoms with Crippen molar-refractivity contribution in [3.05, 3.63) is 11.8 Å². The number of hydrogen-bond acceptors (Lipinski definition) is 2. The van der Waals surface area contributed by atoms with Crippen molar-refractivity contribution in [2.45, 2.75) is 0 Å². The second-order valence-corrected chi connectivity index (χ2v) is 1.38. The smallest absolute Gasteiger partial charge is 0.0994 e. The maximum atomic E-state index is 8.42. The van der Waals surface area contributed by atoms with Gasteiger partial charge in [0.05, 0.1) is 19.9 Å². The van der Waals surface area contributed by atoms with E-state index < -0.39 is 0 Å². The minimum Gasteiger partial charge on any atom is -0.391 e. The fourth-order valence-electron chi connectivity index (χ4n) is 0.361. The van der Waals surface area contributed by atoms with Crippen LogP contribution < -0.4 is 5.32 Å². The minimum atomic E-state index is -0.0478. The maximum absolute atomic E-state index is 8.42. The molecule has 3 heteroatoms. The summed E-state index contributed by atoms with van der Waals surface area (Å²) < 4.78 is 0. The van der Waals surface area contributed by atoms with Crippen LogP contribution in [-0.2, 0) is 0 Å². The molecule has 0 aliphatic rings. The first-order valence-corrected chi connectivity index (χ1v) is 2.45. The van der Waals surface area contributed by atoms with Gasteiger partial charge in [-0.3, -0.25) is 0 Å². The Balaban J connectivity index is 3.66. The lowest BCUT2D eigenvalue weighted by Crippen LogP contribution is -2.73. The molecule has 0 aliphatic heterocycles. The van der Waals surface area contributed by atoms with Crippen LogP contribution in [0.3, 0.4) is 0 Å². The fourth-order valence-corrected chi connectivity index (χ4v) is 0.361. The first-order chi connectivity index (χ1) is 3.85. The predicted octanol–water partition coefficient (Wildman–Crippen LogP) is -1.29. The number of quaternary nitrogens is 1. The highest BCUT2D eigenvalue weighted by atomic mass is 16.3. The third-order valence-electron chi connectivity index (χ3n) is 0.749. The summed E-state index contributed by atoms with van der Waals surface area (Å²) in [6.07, 6.45) is 2.84. The van der Waals surface area contributed by atoms with Crippen LogP contribution in [0.2, 0.25) is 0 Å². The van der Waals surface area contributed by atoms with E-state index in [2.05, 4.69) is 0 Å². The molecule has 0 rings (SSSR count). The SMILES string of the molecule is C[NH2+]C=C(C=N)CO. The minimum absolute atomic E-state index is 0.0478. The van der Waals surface area contributed by atoms with Crippen molar-refractivity contribution in [2.75, 3.05) is 13.7 Å². The highest BCUT2D eigenvalue weighted by Crippen LogP contribution is 1.78. The van der Waals surface area contributed by atoms with Crippen LogP contribution in [0.15, 0.2) is 11.8 Å². The van der Waals surface area contributed by atoms with E-state index in [1.807, 2.05) is 7.05 Å². The summed E-state index contributed by atoms with van der Waals surface area (Å²) in [5.74, 6) is 0. The van der Waals surface area contributed by atoms with E-state index in [4.69, 9.17) is 10.5 Å². The lowest BCUT2D eigenvalue weighted by molar-refractivity contribution is -0.557. The Morgan fingerprint density at radius 3 is 2.62 bits per heavy atom. The molecule has 3 nitrogen and oxygen atoms in total. The van der Waals surface area contributed by atoms with E-state index in [0.717, 1.165) is 6.21 Å². The van der Waals surface area contributed by atoms with Gasteiger partial charge < -0.3 is 15.8 Å². The second kappa shape index (κ2) is 4.49. The molecule has 0 fully saturated rings. The summed E-state index contributed by atoms with van der Waals surface area (Å²) in [7, 11) is 1.85. The number of aliphatic hydroxyl groups is 1. The molecule has 0 aromatic heterocycles. The molecule has 0 aromatic rings. The van der Waals surface area contributed by atoms with Crippen LogP contribution in [0.25, 0.3) is 0 Å². The third-order valence-corrected chi connectivity index (χ3v) is 0.749. The third kappa shape index (κ3) is 2.49. The van der Waals surface area contributed by atoms with Gasteiger partial charge in [0.1, 0.15) is 0 Å². The Bertz CT molecular complexity index is 98.6. The van der Waals surface area contributed by atoms with Crippen LogP contribution in [-0.4, -0.2) is 25.0 Å². The number of nitrogens with two attached hydrogens (primary N) is 1. The fraction of sp³-hybridized carbons (Fsp3) is 0.400. The zero-order chi connectivity index (χ0) is 6.41. The molecule has 0 radical (unpaired) electrons. The highest BCUT2D eigenvalue weighted by Gasteiger charge is 1.86. The molecule has 0 saturated carbocycles. The van der Waals surface area contributed by atoms with Crippen LogP contribution in [0, 0.1) is 5.41 Å². The van der Waals surface area contributed by atoms with Crippen molar-refractivity contribution in [1.82, 2.24) is 0 Å². The number of rotatable bonds is 3. The molecule has 0 saturated heterocycles. The van der Waals surface area contributed by atoms with Crippen molar-refractivity contribution in [3.8, 4) is 0 Å². The van der Waals surface area contributed by atoms with Crippen LogP contribution in [0.4, 0.5) is 0 Å².